The summed E-state index contributed by atoms with van der Waals surface area (Å²) in [5, 5.41) is 13.3. The number of nitrogens with zero attached hydrogens (tertiary/aromatic N) is 2. The van der Waals surface area contributed by atoms with Gasteiger partial charge in [0.05, 0.1) is 10.6 Å². The maximum Gasteiger partial charge on any atom is 0.319 e. The number of hydrogen-bond donors (Lipinski definition) is 1. The molecule has 0 aliphatic heterocycles. The SMILES string of the molecule is O=C(Nc1ccccc1I)c1ccnc(Cl)c1[N+](=O)[O-]. The summed E-state index contributed by atoms with van der Waals surface area (Å²) in [6.45, 7) is 0. The Morgan fingerprint density at radius 2 is 2.05 bits per heavy atom. The van der Waals surface area contributed by atoms with Gasteiger partial charge >= 0.3 is 5.69 Å². The quantitative estimate of drug-likeness (QED) is 0.368. The van der Waals surface area contributed by atoms with E-state index in [1.54, 1.807) is 12.1 Å². The van der Waals surface area contributed by atoms with E-state index in [1.165, 1.54) is 12.3 Å². The summed E-state index contributed by atoms with van der Waals surface area (Å²) in [6.07, 6.45) is 1.25. The van der Waals surface area contributed by atoms with Gasteiger partial charge in [-0.25, -0.2) is 4.98 Å². The topological polar surface area (TPSA) is 85.1 Å². The van der Waals surface area contributed by atoms with Gasteiger partial charge in [0.25, 0.3) is 5.91 Å². The average Bonchev–Trinajstić information content (AvgIpc) is 2.40. The largest absolute Gasteiger partial charge is 0.321 e. The number of halogens is 2. The number of aromatic nitrogens is 1. The number of carbonyl (C=O) groups excluding carboxylic acids is 1. The average molecular weight is 404 g/mol. The number of anilines is 1. The molecule has 102 valence electrons. The van der Waals surface area contributed by atoms with Crippen LogP contribution in [0.5, 0.6) is 0 Å². The predicted molar refractivity (Wildman–Crippen MR) is 83.0 cm³/mol. The van der Waals surface area contributed by atoms with E-state index in [1.807, 2.05) is 12.1 Å². The molecule has 0 spiro atoms. The molecule has 1 aromatic carbocycles. The Kier molecular flexibility index (Phi) is 4.50. The van der Waals surface area contributed by atoms with Crippen molar-refractivity contribution in [3.8, 4) is 0 Å². The Balaban J connectivity index is 2.38. The van der Waals surface area contributed by atoms with Crippen LogP contribution in [0.1, 0.15) is 10.4 Å². The normalized spacial score (nSPS) is 10.1. The van der Waals surface area contributed by atoms with Gasteiger partial charge in [-0.15, -0.1) is 0 Å². The van der Waals surface area contributed by atoms with Crippen molar-refractivity contribution in [2.45, 2.75) is 0 Å². The highest BCUT2D eigenvalue weighted by atomic mass is 127. The monoisotopic (exact) mass is 403 g/mol. The lowest BCUT2D eigenvalue weighted by Gasteiger charge is -2.07. The molecule has 8 heteroatoms. The van der Waals surface area contributed by atoms with E-state index in [0.29, 0.717) is 5.69 Å². The first-order valence-electron chi connectivity index (χ1n) is 5.35. The molecular weight excluding hydrogens is 397 g/mol. The molecule has 0 saturated heterocycles. The summed E-state index contributed by atoms with van der Waals surface area (Å²) in [4.78, 5) is 26.0. The maximum absolute atomic E-state index is 12.1. The Morgan fingerprint density at radius 3 is 2.70 bits per heavy atom. The molecule has 1 amide bonds. The minimum Gasteiger partial charge on any atom is -0.321 e. The number of pyridine rings is 1. The Labute approximate surface area is 132 Å². The van der Waals surface area contributed by atoms with E-state index < -0.39 is 16.5 Å². The van der Waals surface area contributed by atoms with Gasteiger partial charge in [-0.3, -0.25) is 14.9 Å². The van der Waals surface area contributed by atoms with Crippen molar-refractivity contribution in [1.82, 2.24) is 4.98 Å². The fourth-order valence-corrected chi connectivity index (χ4v) is 2.29. The van der Waals surface area contributed by atoms with Crippen molar-refractivity contribution in [2.75, 3.05) is 5.32 Å². The molecule has 0 unspecified atom stereocenters. The van der Waals surface area contributed by atoms with Gasteiger partial charge in [-0.2, -0.15) is 0 Å². The first kappa shape index (κ1) is 14.7. The fourth-order valence-electron chi connectivity index (χ4n) is 1.54. The van der Waals surface area contributed by atoms with Crippen LogP contribution in [0, 0.1) is 13.7 Å². The number of para-hydroxylation sites is 1. The van der Waals surface area contributed by atoms with E-state index in [9.17, 15) is 14.9 Å². The second-order valence-electron chi connectivity index (χ2n) is 3.69. The van der Waals surface area contributed by atoms with Crippen molar-refractivity contribution < 1.29 is 9.72 Å². The highest BCUT2D eigenvalue weighted by molar-refractivity contribution is 14.1. The Morgan fingerprint density at radius 1 is 1.35 bits per heavy atom. The number of rotatable bonds is 3. The number of carbonyl (C=O) groups is 1. The maximum atomic E-state index is 12.1. The van der Waals surface area contributed by atoms with Gasteiger partial charge < -0.3 is 5.32 Å². The molecule has 2 rings (SSSR count). The van der Waals surface area contributed by atoms with E-state index >= 15 is 0 Å². The van der Waals surface area contributed by atoms with Crippen LogP contribution in [-0.4, -0.2) is 15.8 Å². The first-order chi connectivity index (χ1) is 9.50. The highest BCUT2D eigenvalue weighted by Gasteiger charge is 2.25. The van der Waals surface area contributed by atoms with Crippen LogP contribution in [0.15, 0.2) is 36.5 Å². The van der Waals surface area contributed by atoms with Crippen molar-refractivity contribution in [2.24, 2.45) is 0 Å². The number of hydrogen-bond acceptors (Lipinski definition) is 4. The summed E-state index contributed by atoms with van der Waals surface area (Å²) in [6, 6.07) is 8.35. The third-order valence-electron chi connectivity index (χ3n) is 2.43. The van der Waals surface area contributed by atoms with Crippen LogP contribution < -0.4 is 5.32 Å². The zero-order valence-corrected chi connectivity index (χ0v) is 12.8. The van der Waals surface area contributed by atoms with Gasteiger partial charge in [-0.05, 0) is 40.8 Å². The van der Waals surface area contributed by atoms with E-state index in [0.717, 1.165) is 3.57 Å². The van der Waals surface area contributed by atoms with Crippen molar-refractivity contribution >= 4 is 51.5 Å². The third kappa shape index (κ3) is 3.05. The van der Waals surface area contributed by atoms with Gasteiger partial charge in [0.2, 0.25) is 5.15 Å². The number of nitrogens with one attached hydrogen (secondary N) is 1. The zero-order chi connectivity index (χ0) is 14.7. The molecule has 0 bridgehead atoms. The van der Waals surface area contributed by atoms with E-state index in [-0.39, 0.29) is 10.7 Å². The predicted octanol–water partition coefficient (Wildman–Crippen LogP) is 3.50. The lowest BCUT2D eigenvalue weighted by molar-refractivity contribution is -0.385. The molecule has 0 aliphatic rings. The summed E-state index contributed by atoms with van der Waals surface area (Å²) >= 11 is 7.72. The lowest BCUT2D eigenvalue weighted by Crippen LogP contribution is -2.15. The van der Waals surface area contributed by atoms with Gasteiger partial charge in [0, 0.05) is 9.77 Å². The Bertz CT molecular complexity index is 693. The van der Waals surface area contributed by atoms with Crippen LogP contribution in [0.4, 0.5) is 11.4 Å². The molecule has 0 atom stereocenters. The second-order valence-corrected chi connectivity index (χ2v) is 5.21. The number of benzene rings is 1. The standard InChI is InChI=1S/C12H7ClIN3O3/c13-11-10(17(19)20)7(5-6-15-11)12(18)16-9-4-2-1-3-8(9)14/h1-6H,(H,16,18). The van der Waals surface area contributed by atoms with Crippen LogP contribution in [-0.2, 0) is 0 Å². The fraction of sp³-hybridized carbons (Fsp3) is 0. The third-order valence-corrected chi connectivity index (χ3v) is 3.65. The zero-order valence-electron chi connectivity index (χ0n) is 9.84. The van der Waals surface area contributed by atoms with E-state index in [2.05, 4.69) is 32.9 Å². The summed E-state index contributed by atoms with van der Waals surface area (Å²) in [5.74, 6) is -0.606. The molecule has 1 heterocycles. The number of amides is 1. The lowest BCUT2D eigenvalue weighted by atomic mass is 10.2. The van der Waals surface area contributed by atoms with Crippen molar-refractivity contribution in [3.63, 3.8) is 0 Å². The highest BCUT2D eigenvalue weighted by Crippen LogP contribution is 2.27. The molecule has 0 aliphatic carbocycles. The second kappa shape index (κ2) is 6.14. The van der Waals surface area contributed by atoms with Crippen molar-refractivity contribution in [1.29, 1.82) is 0 Å². The Hall–Kier alpha value is -1.74. The molecule has 1 aromatic heterocycles. The smallest absolute Gasteiger partial charge is 0.319 e. The molecule has 0 radical (unpaired) electrons. The van der Waals surface area contributed by atoms with Crippen LogP contribution in [0.2, 0.25) is 5.15 Å². The number of nitro groups is 1. The van der Waals surface area contributed by atoms with Gasteiger partial charge in [-0.1, -0.05) is 23.7 Å². The first-order valence-corrected chi connectivity index (χ1v) is 6.81. The molecule has 0 fully saturated rings. The van der Waals surface area contributed by atoms with Crippen LogP contribution in [0.25, 0.3) is 0 Å². The molecule has 2 aromatic rings. The minimum atomic E-state index is -0.722. The molecule has 6 nitrogen and oxygen atoms in total. The van der Waals surface area contributed by atoms with Gasteiger partial charge in [0.15, 0.2) is 0 Å². The molecule has 20 heavy (non-hydrogen) atoms. The van der Waals surface area contributed by atoms with Crippen LogP contribution in [0.3, 0.4) is 0 Å². The van der Waals surface area contributed by atoms with Crippen molar-refractivity contribution in [3.05, 3.63) is 60.9 Å². The minimum absolute atomic E-state index is 0.130. The molecule has 0 saturated carbocycles. The van der Waals surface area contributed by atoms with Gasteiger partial charge in [0.1, 0.15) is 5.56 Å². The van der Waals surface area contributed by atoms with E-state index in [4.69, 9.17) is 11.6 Å². The summed E-state index contributed by atoms with van der Waals surface area (Å²) in [7, 11) is 0. The summed E-state index contributed by atoms with van der Waals surface area (Å²) in [5.41, 5.74) is -0.0624. The van der Waals surface area contributed by atoms with Crippen LogP contribution >= 0.6 is 34.2 Å². The molecule has 1 N–H and O–H groups in total. The summed E-state index contributed by atoms with van der Waals surface area (Å²) < 4.78 is 0.821. The molecular formula is C12H7ClIN3O3.